The van der Waals surface area contributed by atoms with E-state index in [4.69, 9.17) is 0 Å². The Labute approximate surface area is 69.8 Å². The van der Waals surface area contributed by atoms with Crippen LogP contribution in [0.1, 0.15) is 44.9 Å². The average Bonchev–Trinajstić information content (AvgIpc) is 2.41. The SMILES string of the molecule is SCCCCC1CCCC1. The lowest BCUT2D eigenvalue weighted by Gasteiger charge is -2.06. The molecule has 60 valence electrons. The lowest BCUT2D eigenvalue weighted by Crippen LogP contribution is -1.92. The highest BCUT2D eigenvalue weighted by atomic mass is 32.1. The molecular weight excluding hydrogens is 140 g/mol. The first-order chi connectivity index (χ1) is 4.93. The molecule has 0 atom stereocenters. The molecule has 1 aliphatic carbocycles. The molecule has 0 radical (unpaired) electrons. The Bertz CT molecular complexity index is 74.8. The summed E-state index contributed by atoms with van der Waals surface area (Å²) in [5, 5.41) is 0. The summed E-state index contributed by atoms with van der Waals surface area (Å²) < 4.78 is 0. The summed E-state index contributed by atoms with van der Waals surface area (Å²) in [7, 11) is 0. The maximum Gasteiger partial charge on any atom is -0.00979 e. The summed E-state index contributed by atoms with van der Waals surface area (Å²) >= 11 is 4.20. The van der Waals surface area contributed by atoms with Gasteiger partial charge in [0.25, 0.3) is 0 Å². The van der Waals surface area contributed by atoms with Crippen molar-refractivity contribution in [1.29, 1.82) is 0 Å². The molecule has 0 saturated heterocycles. The van der Waals surface area contributed by atoms with Crippen LogP contribution in [0.5, 0.6) is 0 Å². The van der Waals surface area contributed by atoms with Gasteiger partial charge >= 0.3 is 0 Å². The fourth-order valence-electron chi connectivity index (χ4n) is 1.84. The van der Waals surface area contributed by atoms with E-state index in [0.29, 0.717) is 0 Å². The van der Waals surface area contributed by atoms with Crippen molar-refractivity contribution in [1.82, 2.24) is 0 Å². The van der Waals surface area contributed by atoms with Crippen molar-refractivity contribution >= 4 is 12.6 Å². The maximum absolute atomic E-state index is 4.20. The van der Waals surface area contributed by atoms with E-state index >= 15 is 0 Å². The minimum Gasteiger partial charge on any atom is -0.179 e. The zero-order valence-corrected chi connectivity index (χ0v) is 7.58. The highest BCUT2D eigenvalue weighted by Gasteiger charge is 2.13. The van der Waals surface area contributed by atoms with E-state index < -0.39 is 0 Å². The molecule has 0 aromatic carbocycles. The van der Waals surface area contributed by atoms with E-state index in [9.17, 15) is 0 Å². The van der Waals surface area contributed by atoms with Crippen LogP contribution in [0.2, 0.25) is 0 Å². The van der Waals surface area contributed by atoms with Gasteiger partial charge in [-0.15, -0.1) is 0 Å². The summed E-state index contributed by atoms with van der Waals surface area (Å²) in [6.45, 7) is 0. The van der Waals surface area contributed by atoms with Gasteiger partial charge in [-0.25, -0.2) is 0 Å². The Morgan fingerprint density at radius 3 is 2.40 bits per heavy atom. The fourth-order valence-corrected chi connectivity index (χ4v) is 2.07. The molecule has 0 unspecified atom stereocenters. The van der Waals surface area contributed by atoms with Gasteiger partial charge in [0.05, 0.1) is 0 Å². The van der Waals surface area contributed by atoms with Crippen LogP contribution >= 0.6 is 12.6 Å². The van der Waals surface area contributed by atoms with Crippen LogP contribution < -0.4 is 0 Å². The van der Waals surface area contributed by atoms with Crippen molar-refractivity contribution < 1.29 is 0 Å². The number of hydrogen-bond acceptors (Lipinski definition) is 1. The van der Waals surface area contributed by atoms with Crippen molar-refractivity contribution in [3.8, 4) is 0 Å². The molecule has 1 saturated carbocycles. The molecule has 0 N–H and O–H groups in total. The minimum absolute atomic E-state index is 1.08. The number of rotatable bonds is 4. The highest BCUT2D eigenvalue weighted by molar-refractivity contribution is 7.80. The van der Waals surface area contributed by atoms with Gasteiger partial charge in [0.1, 0.15) is 0 Å². The van der Waals surface area contributed by atoms with Crippen LogP contribution in [0.15, 0.2) is 0 Å². The van der Waals surface area contributed by atoms with Gasteiger partial charge in [-0.2, -0.15) is 12.6 Å². The van der Waals surface area contributed by atoms with Gasteiger partial charge < -0.3 is 0 Å². The second-order valence-corrected chi connectivity index (χ2v) is 3.82. The number of thiol groups is 1. The lowest BCUT2D eigenvalue weighted by molar-refractivity contribution is 0.481. The average molecular weight is 158 g/mol. The molecule has 0 amide bonds. The van der Waals surface area contributed by atoms with Gasteiger partial charge in [-0.3, -0.25) is 0 Å². The molecule has 0 spiro atoms. The third-order valence-corrected chi connectivity index (χ3v) is 2.81. The summed E-state index contributed by atoms with van der Waals surface area (Å²) in [6.07, 6.45) is 10.2. The van der Waals surface area contributed by atoms with Gasteiger partial charge in [0.15, 0.2) is 0 Å². The third-order valence-electron chi connectivity index (χ3n) is 2.50. The molecule has 0 nitrogen and oxygen atoms in total. The molecular formula is C9H18S. The molecule has 0 aromatic heterocycles. The predicted octanol–water partition coefficient (Wildman–Crippen LogP) is 3.28. The Morgan fingerprint density at radius 1 is 1.10 bits per heavy atom. The Balaban J connectivity index is 1.91. The largest absolute Gasteiger partial charge is 0.179 e. The maximum atomic E-state index is 4.20. The monoisotopic (exact) mass is 158 g/mol. The van der Waals surface area contributed by atoms with E-state index in [-0.39, 0.29) is 0 Å². The molecule has 1 rings (SSSR count). The smallest absolute Gasteiger partial charge is 0.00979 e. The number of hydrogen-bond donors (Lipinski definition) is 1. The minimum atomic E-state index is 1.08. The zero-order valence-electron chi connectivity index (χ0n) is 6.68. The topological polar surface area (TPSA) is 0 Å². The van der Waals surface area contributed by atoms with Gasteiger partial charge in [-0.1, -0.05) is 38.5 Å². The van der Waals surface area contributed by atoms with Crippen LogP contribution in [0.3, 0.4) is 0 Å². The summed E-state index contributed by atoms with van der Waals surface area (Å²) in [5.41, 5.74) is 0. The summed E-state index contributed by atoms with van der Waals surface area (Å²) in [4.78, 5) is 0. The fraction of sp³-hybridized carbons (Fsp3) is 1.00. The first kappa shape index (κ1) is 8.45. The molecule has 1 fully saturated rings. The zero-order chi connectivity index (χ0) is 7.23. The van der Waals surface area contributed by atoms with E-state index in [0.717, 1.165) is 11.7 Å². The summed E-state index contributed by atoms with van der Waals surface area (Å²) in [5.74, 6) is 2.16. The van der Waals surface area contributed by atoms with Crippen molar-refractivity contribution in [3.63, 3.8) is 0 Å². The summed E-state index contributed by atoms with van der Waals surface area (Å²) in [6, 6.07) is 0. The Hall–Kier alpha value is 0.350. The second-order valence-electron chi connectivity index (χ2n) is 3.37. The number of unbranched alkanes of at least 4 members (excludes halogenated alkanes) is 1. The van der Waals surface area contributed by atoms with Gasteiger partial charge in [-0.05, 0) is 18.1 Å². The van der Waals surface area contributed by atoms with E-state index in [1.54, 1.807) is 0 Å². The van der Waals surface area contributed by atoms with Crippen LogP contribution in [0.25, 0.3) is 0 Å². The van der Waals surface area contributed by atoms with Crippen molar-refractivity contribution in [3.05, 3.63) is 0 Å². The predicted molar refractivity (Wildman–Crippen MR) is 49.7 cm³/mol. The normalized spacial score (nSPS) is 20.1. The molecule has 0 aliphatic heterocycles. The van der Waals surface area contributed by atoms with Crippen LogP contribution in [0, 0.1) is 5.92 Å². The van der Waals surface area contributed by atoms with Crippen LogP contribution in [-0.4, -0.2) is 5.75 Å². The van der Waals surface area contributed by atoms with Gasteiger partial charge in [0.2, 0.25) is 0 Å². The molecule has 0 bridgehead atoms. The van der Waals surface area contributed by atoms with Crippen molar-refractivity contribution in [2.45, 2.75) is 44.9 Å². The van der Waals surface area contributed by atoms with Gasteiger partial charge in [0, 0.05) is 0 Å². The van der Waals surface area contributed by atoms with E-state index in [1.165, 1.54) is 44.9 Å². The first-order valence-corrected chi connectivity index (χ1v) is 5.17. The first-order valence-electron chi connectivity index (χ1n) is 4.54. The third kappa shape index (κ3) is 2.96. The van der Waals surface area contributed by atoms with Crippen molar-refractivity contribution in [2.24, 2.45) is 5.92 Å². The van der Waals surface area contributed by atoms with E-state index in [1.807, 2.05) is 0 Å². The Kier molecular flexibility index (Phi) is 4.27. The molecule has 1 aliphatic rings. The molecule has 10 heavy (non-hydrogen) atoms. The molecule has 0 aromatic rings. The standard InChI is InChI=1S/C9H18S/c10-8-4-3-7-9-5-1-2-6-9/h9-10H,1-8H2. The quantitative estimate of drug-likeness (QED) is 0.471. The Morgan fingerprint density at radius 2 is 1.80 bits per heavy atom. The highest BCUT2D eigenvalue weighted by Crippen LogP contribution is 2.28. The lowest BCUT2D eigenvalue weighted by atomic mass is 10.0. The molecule has 1 heteroatoms. The van der Waals surface area contributed by atoms with Crippen molar-refractivity contribution in [2.75, 3.05) is 5.75 Å². The molecule has 0 heterocycles. The second kappa shape index (κ2) is 5.06. The van der Waals surface area contributed by atoms with Crippen LogP contribution in [0.4, 0.5) is 0 Å². The van der Waals surface area contributed by atoms with Crippen LogP contribution in [-0.2, 0) is 0 Å². The van der Waals surface area contributed by atoms with E-state index in [2.05, 4.69) is 12.6 Å².